The number of halogens is 6. The lowest BCUT2D eigenvalue weighted by Gasteiger charge is -2.33. The molecule has 98 valence electrons. The molecule has 2 amide bonds. The van der Waals surface area contributed by atoms with Crippen molar-refractivity contribution in [2.24, 2.45) is 11.8 Å². The SMILES string of the molecule is O=C1NC(=O)[C@@H]2[C@@H]1[C@]1(Cl)C(Cl)=C(Cl)[C@]2(Cl)C1(Cl)Cl. The average molecular weight is 370 g/mol. The van der Waals surface area contributed by atoms with Gasteiger partial charge in [0.05, 0.1) is 21.9 Å². The topological polar surface area (TPSA) is 46.2 Å². The monoisotopic (exact) mass is 367 g/mol. The van der Waals surface area contributed by atoms with E-state index in [1.54, 1.807) is 0 Å². The maximum atomic E-state index is 11.8. The van der Waals surface area contributed by atoms with Crippen LogP contribution in [-0.2, 0) is 9.59 Å². The quantitative estimate of drug-likeness (QED) is 0.527. The smallest absolute Gasteiger partial charge is 0.232 e. The van der Waals surface area contributed by atoms with Crippen molar-refractivity contribution in [3.8, 4) is 0 Å². The van der Waals surface area contributed by atoms with Crippen LogP contribution in [0.5, 0.6) is 0 Å². The second kappa shape index (κ2) is 3.44. The van der Waals surface area contributed by atoms with Crippen LogP contribution in [0.4, 0.5) is 0 Å². The molecule has 2 aliphatic carbocycles. The Bertz CT molecular complexity index is 501. The molecule has 9 heteroatoms. The van der Waals surface area contributed by atoms with Crippen molar-refractivity contribution < 1.29 is 9.59 Å². The molecule has 1 saturated heterocycles. The number of rotatable bonds is 0. The number of amides is 2. The zero-order valence-electron chi connectivity index (χ0n) is 8.24. The maximum Gasteiger partial charge on any atom is 0.232 e. The Labute approximate surface area is 132 Å². The van der Waals surface area contributed by atoms with Gasteiger partial charge < -0.3 is 0 Å². The first-order valence-electron chi connectivity index (χ1n) is 4.78. The highest BCUT2D eigenvalue weighted by atomic mass is 35.5. The second-order valence-electron chi connectivity index (χ2n) is 4.43. The minimum atomic E-state index is -1.85. The Hall–Kier alpha value is 0.620. The number of fused-ring (bicyclic) bond motifs is 5. The Morgan fingerprint density at radius 1 is 0.833 bits per heavy atom. The molecule has 0 aromatic carbocycles. The summed E-state index contributed by atoms with van der Waals surface area (Å²) >= 11 is 37.1. The van der Waals surface area contributed by atoms with Crippen molar-refractivity contribution in [2.45, 2.75) is 14.1 Å². The van der Waals surface area contributed by atoms with E-state index in [0.29, 0.717) is 0 Å². The molecule has 0 aromatic heterocycles. The zero-order chi connectivity index (χ0) is 13.7. The predicted molar refractivity (Wildman–Crippen MR) is 70.5 cm³/mol. The average Bonchev–Trinajstić information content (AvgIpc) is 2.68. The standard InChI is InChI=1S/C9H3Cl6NO2/c10-3-4(11)8(13)2-1(5(17)16-6(2)18)7(3,12)9(8,14)15/h1-2H,(H,16,17,18)/t1-,2-,7-,8-/m0/s1. The van der Waals surface area contributed by atoms with Gasteiger partial charge >= 0.3 is 0 Å². The first-order valence-corrected chi connectivity index (χ1v) is 7.05. The highest BCUT2D eigenvalue weighted by Gasteiger charge is 2.86. The summed E-state index contributed by atoms with van der Waals surface area (Å²) in [4.78, 5) is 20.3. The Morgan fingerprint density at radius 2 is 1.17 bits per heavy atom. The second-order valence-corrected chi connectivity index (χ2v) is 7.71. The van der Waals surface area contributed by atoms with E-state index >= 15 is 0 Å². The minimum Gasteiger partial charge on any atom is -0.296 e. The molecule has 0 spiro atoms. The van der Waals surface area contributed by atoms with Crippen LogP contribution < -0.4 is 5.32 Å². The van der Waals surface area contributed by atoms with E-state index < -0.39 is 37.7 Å². The van der Waals surface area contributed by atoms with Crippen molar-refractivity contribution in [2.75, 3.05) is 0 Å². The van der Waals surface area contributed by atoms with E-state index in [-0.39, 0.29) is 10.1 Å². The molecule has 1 saturated carbocycles. The number of carbonyl (C=O) groups is 2. The molecule has 2 fully saturated rings. The summed E-state index contributed by atoms with van der Waals surface area (Å²) in [6, 6.07) is 0. The highest BCUT2D eigenvalue weighted by Crippen LogP contribution is 2.76. The summed E-state index contributed by atoms with van der Waals surface area (Å²) < 4.78 is -1.85. The van der Waals surface area contributed by atoms with Gasteiger partial charge in [-0.3, -0.25) is 14.9 Å². The molecule has 1 aliphatic heterocycles. The molecule has 3 nitrogen and oxygen atoms in total. The van der Waals surface area contributed by atoms with Crippen LogP contribution in [0.15, 0.2) is 10.1 Å². The molecule has 0 aromatic rings. The van der Waals surface area contributed by atoms with Crippen molar-refractivity contribution in [3.05, 3.63) is 10.1 Å². The van der Waals surface area contributed by atoms with Gasteiger partial charge in [-0.2, -0.15) is 0 Å². The number of hydrogen-bond donors (Lipinski definition) is 1. The van der Waals surface area contributed by atoms with Crippen LogP contribution >= 0.6 is 69.6 Å². The van der Waals surface area contributed by atoms with E-state index in [2.05, 4.69) is 5.32 Å². The Kier molecular flexibility index (Phi) is 2.60. The molecule has 4 atom stereocenters. The summed E-state index contributed by atoms with van der Waals surface area (Å²) in [6.07, 6.45) is 0. The zero-order valence-corrected chi connectivity index (χ0v) is 12.8. The third-order valence-corrected chi connectivity index (χ3v) is 8.01. The van der Waals surface area contributed by atoms with Crippen LogP contribution in [0.2, 0.25) is 0 Å². The minimum absolute atomic E-state index is 0.0862. The summed E-state index contributed by atoms with van der Waals surface area (Å²) in [6.45, 7) is 0. The fourth-order valence-electron chi connectivity index (χ4n) is 2.92. The van der Waals surface area contributed by atoms with Gasteiger partial charge in [-0.05, 0) is 0 Å². The number of carbonyl (C=O) groups excluding carboxylic acids is 2. The van der Waals surface area contributed by atoms with Crippen LogP contribution in [0.1, 0.15) is 0 Å². The molecule has 3 aliphatic rings. The molecule has 0 unspecified atom stereocenters. The molecule has 1 N–H and O–H groups in total. The highest BCUT2D eigenvalue weighted by molar-refractivity contribution is 6.66. The first-order chi connectivity index (χ1) is 8.11. The van der Waals surface area contributed by atoms with Gasteiger partial charge in [-0.15, -0.1) is 23.2 Å². The van der Waals surface area contributed by atoms with Gasteiger partial charge in [-0.1, -0.05) is 46.4 Å². The number of hydrogen-bond acceptors (Lipinski definition) is 2. The van der Waals surface area contributed by atoms with Crippen LogP contribution in [0.25, 0.3) is 0 Å². The number of alkyl halides is 4. The fourth-order valence-corrected chi connectivity index (χ4v) is 5.86. The van der Waals surface area contributed by atoms with Gasteiger partial charge in [0, 0.05) is 0 Å². The van der Waals surface area contributed by atoms with Gasteiger partial charge in [0.2, 0.25) is 11.8 Å². The number of imide groups is 1. The number of allylic oxidation sites excluding steroid dienone is 2. The molecule has 18 heavy (non-hydrogen) atoms. The van der Waals surface area contributed by atoms with Crippen LogP contribution in [0.3, 0.4) is 0 Å². The fraction of sp³-hybridized carbons (Fsp3) is 0.556. The lowest BCUT2D eigenvalue weighted by Crippen LogP contribution is -2.49. The summed E-state index contributed by atoms with van der Waals surface area (Å²) in [7, 11) is 0. The summed E-state index contributed by atoms with van der Waals surface area (Å²) in [5, 5.41) is 1.97. The van der Waals surface area contributed by atoms with Crippen molar-refractivity contribution >= 4 is 81.4 Å². The predicted octanol–water partition coefficient (Wildman–Crippen LogP) is 2.72. The van der Waals surface area contributed by atoms with Crippen molar-refractivity contribution in [3.63, 3.8) is 0 Å². The van der Waals surface area contributed by atoms with E-state index in [4.69, 9.17) is 69.6 Å². The molecule has 0 radical (unpaired) electrons. The van der Waals surface area contributed by atoms with E-state index in [9.17, 15) is 9.59 Å². The van der Waals surface area contributed by atoms with E-state index in [0.717, 1.165) is 0 Å². The third-order valence-electron chi connectivity index (χ3n) is 3.75. The van der Waals surface area contributed by atoms with Crippen LogP contribution in [-0.4, -0.2) is 25.9 Å². The van der Waals surface area contributed by atoms with Gasteiger partial charge in [-0.25, -0.2) is 0 Å². The molecular formula is C9H3Cl6NO2. The lowest BCUT2D eigenvalue weighted by atomic mass is 9.84. The molecule has 1 heterocycles. The molecule has 2 bridgehead atoms. The Morgan fingerprint density at radius 3 is 1.50 bits per heavy atom. The molecular weight excluding hydrogens is 367 g/mol. The Balaban J connectivity index is 2.37. The lowest BCUT2D eigenvalue weighted by molar-refractivity contribution is -0.126. The van der Waals surface area contributed by atoms with Gasteiger partial charge in [0.15, 0.2) is 4.33 Å². The molecule has 3 rings (SSSR count). The van der Waals surface area contributed by atoms with Gasteiger partial charge in [0.1, 0.15) is 9.75 Å². The summed E-state index contributed by atoms with van der Waals surface area (Å²) in [5.74, 6) is -3.27. The van der Waals surface area contributed by atoms with Crippen molar-refractivity contribution in [1.82, 2.24) is 5.32 Å². The van der Waals surface area contributed by atoms with Crippen molar-refractivity contribution in [1.29, 1.82) is 0 Å². The largest absolute Gasteiger partial charge is 0.296 e. The maximum absolute atomic E-state index is 11.8. The summed E-state index contributed by atoms with van der Waals surface area (Å²) in [5.41, 5.74) is 0. The first kappa shape index (κ1) is 13.6. The normalized spacial score (nSPS) is 48.8. The number of nitrogens with one attached hydrogen (secondary N) is 1. The van der Waals surface area contributed by atoms with E-state index in [1.165, 1.54) is 0 Å². The van der Waals surface area contributed by atoms with Crippen LogP contribution in [0, 0.1) is 11.8 Å². The van der Waals surface area contributed by atoms with E-state index in [1.807, 2.05) is 0 Å². The third kappa shape index (κ3) is 1.03. The van der Waals surface area contributed by atoms with Gasteiger partial charge in [0.25, 0.3) is 0 Å².